The van der Waals surface area contributed by atoms with Crippen LogP contribution in [0, 0.1) is 13.8 Å². The average molecular weight is 375 g/mol. The van der Waals surface area contributed by atoms with Crippen LogP contribution in [0.3, 0.4) is 0 Å². The molecule has 1 fully saturated rings. The number of carbonyl (C=O) groups excluding carboxylic acids is 1. The lowest BCUT2D eigenvalue weighted by Crippen LogP contribution is -2.28. The van der Waals surface area contributed by atoms with E-state index in [4.69, 9.17) is 0 Å². The fraction of sp³-hybridized carbons (Fsp3) is 0.421. The predicted octanol–water partition coefficient (Wildman–Crippen LogP) is 2.36. The Morgan fingerprint density at radius 1 is 1.12 bits per heavy atom. The first-order valence-corrected chi connectivity index (χ1v) is 10.2. The Kier molecular flexibility index (Phi) is 5.20. The maximum atomic E-state index is 12.8. The van der Waals surface area contributed by atoms with E-state index in [0.29, 0.717) is 31.0 Å². The van der Waals surface area contributed by atoms with Crippen molar-refractivity contribution in [1.29, 1.82) is 0 Å². The summed E-state index contributed by atoms with van der Waals surface area (Å²) in [6.07, 6.45) is 1.77. The number of amides is 1. The quantitative estimate of drug-likeness (QED) is 0.872. The van der Waals surface area contributed by atoms with E-state index in [1.165, 1.54) is 10.4 Å². The highest BCUT2D eigenvalue weighted by atomic mass is 32.2. The van der Waals surface area contributed by atoms with Gasteiger partial charge < -0.3 is 9.88 Å². The molecule has 1 aliphatic heterocycles. The van der Waals surface area contributed by atoms with Gasteiger partial charge in [-0.05, 0) is 38.3 Å². The second-order valence-electron chi connectivity index (χ2n) is 6.82. The van der Waals surface area contributed by atoms with Crippen LogP contribution < -0.4 is 5.32 Å². The summed E-state index contributed by atoms with van der Waals surface area (Å²) in [4.78, 5) is 12.8. The first-order valence-electron chi connectivity index (χ1n) is 8.81. The molecule has 1 amide bonds. The summed E-state index contributed by atoms with van der Waals surface area (Å²) in [7, 11) is -1.82. The predicted molar refractivity (Wildman–Crippen MR) is 100 cm³/mol. The summed E-state index contributed by atoms with van der Waals surface area (Å²) in [6.45, 7) is 5.24. The molecule has 2 aromatic rings. The topological polar surface area (TPSA) is 71.4 Å². The molecule has 26 heavy (non-hydrogen) atoms. The van der Waals surface area contributed by atoms with Gasteiger partial charge in [-0.25, -0.2) is 8.42 Å². The summed E-state index contributed by atoms with van der Waals surface area (Å²) in [5, 5.41) is 2.87. The number of aromatic nitrogens is 1. The van der Waals surface area contributed by atoms with Gasteiger partial charge in [0.25, 0.3) is 5.91 Å². The van der Waals surface area contributed by atoms with E-state index in [0.717, 1.165) is 24.0 Å². The van der Waals surface area contributed by atoms with Crippen molar-refractivity contribution in [2.45, 2.75) is 38.1 Å². The monoisotopic (exact) mass is 375 g/mol. The SMILES string of the molecule is Cc1ccc(CNC(=O)c2cc(S(=O)(=O)N3CCCC3)c(C)n2C)cc1. The van der Waals surface area contributed by atoms with Crippen molar-refractivity contribution in [3.63, 3.8) is 0 Å². The summed E-state index contributed by atoms with van der Waals surface area (Å²) in [6, 6.07) is 9.42. The molecule has 0 bridgehead atoms. The van der Waals surface area contributed by atoms with Crippen LogP contribution in [-0.4, -0.2) is 36.3 Å². The molecule has 2 heterocycles. The van der Waals surface area contributed by atoms with E-state index in [2.05, 4.69) is 5.32 Å². The van der Waals surface area contributed by atoms with Gasteiger partial charge in [0, 0.05) is 32.4 Å². The van der Waals surface area contributed by atoms with Crippen molar-refractivity contribution < 1.29 is 13.2 Å². The van der Waals surface area contributed by atoms with Crippen LogP contribution in [-0.2, 0) is 23.6 Å². The fourth-order valence-electron chi connectivity index (χ4n) is 3.20. The first kappa shape index (κ1) is 18.7. The molecule has 1 aliphatic rings. The number of hydrogen-bond donors (Lipinski definition) is 1. The summed E-state index contributed by atoms with van der Waals surface area (Å²) >= 11 is 0. The Morgan fingerprint density at radius 2 is 1.73 bits per heavy atom. The Hall–Kier alpha value is -2.12. The zero-order chi connectivity index (χ0) is 18.9. The highest BCUT2D eigenvalue weighted by Gasteiger charge is 2.31. The van der Waals surface area contributed by atoms with E-state index in [9.17, 15) is 13.2 Å². The normalized spacial score (nSPS) is 15.3. The molecule has 3 rings (SSSR count). The number of sulfonamides is 1. The number of aryl methyl sites for hydroxylation is 1. The fourth-order valence-corrected chi connectivity index (χ4v) is 4.98. The smallest absolute Gasteiger partial charge is 0.268 e. The van der Waals surface area contributed by atoms with Crippen LogP contribution in [0.15, 0.2) is 35.2 Å². The largest absolute Gasteiger partial charge is 0.347 e. The molecule has 0 radical (unpaired) electrons. The van der Waals surface area contributed by atoms with Crippen LogP contribution in [0.1, 0.15) is 40.2 Å². The van der Waals surface area contributed by atoms with E-state index in [-0.39, 0.29) is 10.8 Å². The van der Waals surface area contributed by atoms with Crippen molar-refractivity contribution >= 4 is 15.9 Å². The molecule has 7 heteroatoms. The van der Waals surface area contributed by atoms with Gasteiger partial charge in [-0.1, -0.05) is 29.8 Å². The van der Waals surface area contributed by atoms with E-state index in [1.807, 2.05) is 31.2 Å². The third-order valence-electron chi connectivity index (χ3n) is 4.98. The number of benzene rings is 1. The van der Waals surface area contributed by atoms with Gasteiger partial charge in [0.2, 0.25) is 10.0 Å². The standard InChI is InChI=1S/C19H25N3O3S/c1-14-6-8-16(9-7-14)13-20-19(23)17-12-18(15(2)21(17)3)26(24,25)22-10-4-5-11-22/h6-9,12H,4-5,10-11,13H2,1-3H3,(H,20,23). The van der Waals surface area contributed by atoms with Crippen LogP contribution in [0.4, 0.5) is 0 Å². The molecule has 1 aromatic heterocycles. The van der Waals surface area contributed by atoms with E-state index >= 15 is 0 Å². The van der Waals surface area contributed by atoms with Crippen molar-refractivity contribution in [3.05, 3.63) is 52.8 Å². The van der Waals surface area contributed by atoms with Gasteiger partial charge >= 0.3 is 0 Å². The highest BCUT2D eigenvalue weighted by molar-refractivity contribution is 7.89. The third kappa shape index (κ3) is 3.54. The molecule has 0 aliphatic carbocycles. The van der Waals surface area contributed by atoms with Crippen LogP contribution in [0.25, 0.3) is 0 Å². The molecule has 0 spiro atoms. The zero-order valence-electron chi connectivity index (χ0n) is 15.4. The van der Waals surface area contributed by atoms with E-state index < -0.39 is 10.0 Å². The second kappa shape index (κ2) is 7.25. The summed E-state index contributed by atoms with van der Waals surface area (Å²) < 4.78 is 28.8. The maximum absolute atomic E-state index is 12.8. The number of nitrogens with one attached hydrogen (secondary N) is 1. The molecule has 0 saturated carbocycles. The number of nitrogens with zero attached hydrogens (tertiary/aromatic N) is 2. The average Bonchev–Trinajstić information content (AvgIpc) is 3.25. The first-order chi connectivity index (χ1) is 12.3. The van der Waals surface area contributed by atoms with Gasteiger partial charge in [-0.3, -0.25) is 4.79 Å². The van der Waals surface area contributed by atoms with Crippen molar-refractivity contribution in [2.75, 3.05) is 13.1 Å². The Balaban J connectivity index is 1.80. The molecule has 1 N–H and O–H groups in total. The van der Waals surface area contributed by atoms with Crippen molar-refractivity contribution in [2.24, 2.45) is 7.05 Å². The van der Waals surface area contributed by atoms with Gasteiger partial charge in [-0.15, -0.1) is 0 Å². The molecule has 6 nitrogen and oxygen atoms in total. The number of carbonyl (C=O) groups is 1. The Labute approximate surface area is 154 Å². The van der Waals surface area contributed by atoms with Crippen LogP contribution >= 0.6 is 0 Å². The van der Waals surface area contributed by atoms with Crippen molar-refractivity contribution in [3.8, 4) is 0 Å². The lowest BCUT2D eigenvalue weighted by molar-refractivity contribution is 0.0942. The second-order valence-corrected chi connectivity index (χ2v) is 8.72. The molecule has 0 unspecified atom stereocenters. The molecular weight excluding hydrogens is 350 g/mol. The Morgan fingerprint density at radius 3 is 2.35 bits per heavy atom. The third-order valence-corrected chi connectivity index (χ3v) is 6.99. The lowest BCUT2D eigenvalue weighted by atomic mass is 10.1. The number of hydrogen-bond acceptors (Lipinski definition) is 3. The van der Waals surface area contributed by atoms with Gasteiger partial charge in [0.1, 0.15) is 10.6 Å². The molecular formula is C19H25N3O3S. The highest BCUT2D eigenvalue weighted by Crippen LogP contribution is 2.26. The maximum Gasteiger partial charge on any atom is 0.268 e. The Bertz CT molecular complexity index is 908. The summed E-state index contributed by atoms with van der Waals surface area (Å²) in [5.74, 6) is -0.279. The minimum atomic E-state index is -3.54. The van der Waals surface area contributed by atoms with E-state index in [1.54, 1.807) is 18.5 Å². The number of rotatable bonds is 5. The van der Waals surface area contributed by atoms with Crippen LogP contribution in [0.2, 0.25) is 0 Å². The molecule has 1 saturated heterocycles. The van der Waals surface area contributed by atoms with Gasteiger partial charge in [-0.2, -0.15) is 4.31 Å². The minimum absolute atomic E-state index is 0.224. The van der Waals surface area contributed by atoms with Crippen molar-refractivity contribution in [1.82, 2.24) is 14.2 Å². The summed E-state index contributed by atoms with van der Waals surface area (Å²) in [5.41, 5.74) is 3.10. The van der Waals surface area contributed by atoms with Gasteiger partial charge in [0.05, 0.1) is 0 Å². The molecule has 1 aromatic carbocycles. The van der Waals surface area contributed by atoms with Gasteiger partial charge in [0.15, 0.2) is 0 Å². The van der Waals surface area contributed by atoms with Crippen LogP contribution in [0.5, 0.6) is 0 Å². The minimum Gasteiger partial charge on any atom is -0.347 e. The molecule has 0 atom stereocenters. The lowest BCUT2D eigenvalue weighted by Gasteiger charge is -2.15. The molecule has 140 valence electrons. The zero-order valence-corrected chi connectivity index (χ0v) is 16.3.